The Labute approximate surface area is 101 Å². The van der Waals surface area contributed by atoms with Gasteiger partial charge in [-0.1, -0.05) is 6.92 Å². The number of aliphatic hydroxyl groups is 1. The van der Waals surface area contributed by atoms with Crippen molar-refractivity contribution in [3.8, 4) is 0 Å². The van der Waals surface area contributed by atoms with Gasteiger partial charge in [-0.2, -0.15) is 0 Å². The van der Waals surface area contributed by atoms with E-state index < -0.39 is 0 Å². The van der Waals surface area contributed by atoms with Gasteiger partial charge in [0.05, 0.1) is 16.8 Å². The third-order valence-corrected chi connectivity index (χ3v) is 3.98. The minimum atomic E-state index is -0.162. The fourth-order valence-electron chi connectivity index (χ4n) is 1.61. The van der Waals surface area contributed by atoms with Crippen LogP contribution in [0.4, 0.5) is 0 Å². The van der Waals surface area contributed by atoms with Crippen molar-refractivity contribution in [2.75, 3.05) is 6.54 Å². The molecule has 90 valence electrons. The molecule has 3 nitrogen and oxygen atoms in total. The summed E-state index contributed by atoms with van der Waals surface area (Å²) < 4.78 is 0. The third kappa shape index (κ3) is 3.54. The number of hydrogen-bond acceptors (Lipinski definition) is 4. The molecule has 16 heavy (non-hydrogen) atoms. The van der Waals surface area contributed by atoms with Crippen LogP contribution < -0.4 is 5.32 Å². The van der Waals surface area contributed by atoms with Gasteiger partial charge in [0.15, 0.2) is 0 Å². The van der Waals surface area contributed by atoms with Gasteiger partial charge in [-0.15, -0.1) is 11.3 Å². The Balaban J connectivity index is 1.64. The van der Waals surface area contributed by atoms with Crippen molar-refractivity contribution in [2.24, 2.45) is 0 Å². The van der Waals surface area contributed by atoms with Crippen molar-refractivity contribution in [3.63, 3.8) is 0 Å². The SMILES string of the molecule is CCC(O)CCNCc1csc(C2CC2)n1. The molecule has 1 aromatic heterocycles. The summed E-state index contributed by atoms with van der Waals surface area (Å²) >= 11 is 1.79. The highest BCUT2D eigenvalue weighted by atomic mass is 32.1. The average molecular weight is 240 g/mol. The lowest BCUT2D eigenvalue weighted by atomic mass is 10.2. The van der Waals surface area contributed by atoms with Crippen LogP contribution >= 0.6 is 11.3 Å². The molecule has 1 aliphatic carbocycles. The zero-order valence-electron chi connectivity index (χ0n) is 9.78. The molecule has 0 bridgehead atoms. The highest BCUT2D eigenvalue weighted by Gasteiger charge is 2.26. The first-order valence-electron chi connectivity index (χ1n) is 6.12. The maximum Gasteiger partial charge on any atom is 0.0959 e. The minimum Gasteiger partial charge on any atom is -0.393 e. The van der Waals surface area contributed by atoms with Crippen molar-refractivity contribution in [2.45, 2.75) is 51.2 Å². The Morgan fingerprint density at radius 1 is 1.62 bits per heavy atom. The van der Waals surface area contributed by atoms with Crippen LogP contribution in [0, 0.1) is 0 Å². The topological polar surface area (TPSA) is 45.1 Å². The quantitative estimate of drug-likeness (QED) is 0.719. The molecule has 0 aromatic carbocycles. The Morgan fingerprint density at radius 3 is 3.12 bits per heavy atom. The Morgan fingerprint density at radius 2 is 2.44 bits per heavy atom. The molecule has 1 unspecified atom stereocenters. The predicted octanol–water partition coefficient (Wildman–Crippen LogP) is 2.27. The second-order valence-corrected chi connectivity index (χ2v) is 5.37. The summed E-state index contributed by atoms with van der Waals surface area (Å²) in [5.41, 5.74) is 1.15. The molecule has 1 aliphatic rings. The molecule has 1 atom stereocenters. The minimum absolute atomic E-state index is 0.162. The highest BCUT2D eigenvalue weighted by molar-refractivity contribution is 7.09. The van der Waals surface area contributed by atoms with Crippen LogP contribution in [-0.4, -0.2) is 22.7 Å². The summed E-state index contributed by atoms with van der Waals surface area (Å²) in [5.74, 6) is 0.765. The van der Waals surface area contributed by atoms with Crippen molar-refractivity contribution >= 4 is 11.3 Å². The standard InChI is InChI=1S/C12H20N2OS/c1-2-11(15)5-6-13-7-10-8-16-12(14-10)9-3-4-9/h8-9,11,13,15H,2-7H2,1H3. The zero-order chi connectivity index (χ0) is 11.4. The number of nitrogens with zero attached hydrogens (tertiary/aromatic N) is 1. The molecule has 1 aromatic rings. The van der Waals surface area contributed by atoms with Gasteiger partial charge in [-0.05, 0) is 32.2 Å². The largest absolute Gasteiger partial charge is 0.393 e. The van der Waals surface area contributed by atoms with Crippen LogP contribution in [-0.2, 0) is 6.54 Å². The van der Waals surface area contributed by atoms with Gasteiger partial charge >= 0.3 is 0 Å². The zero-order valence-corrected chi connectivity index (χ0v) is 10.6. The van der Waals surface area contributed by atoms with Crippen molar-refractivity contribution < 1.29 is 5.11 Å². The molecular weight excluding hydrogens is 220 g/mol. The number of hydrogen-bond donors (Lipinski definition) is 2. The van der Waals surface area contributed by atoms with Gasteiger partial charge in [0.25, 0.3) is 0 Å². The van der Waals surface area contributed by atoms with Gasteiger partial charge in [0.1, 0.15) is 0 Å². The summed E-state index contributed by atoms with van der Waals surface area (Å²) in [6.07, 6.45) is 4.15. The number of nitrogens with one attached hydrogen (secondary N) is 1. The molecule has 4 heteroatoms. The van der Waals surface area contributed by atoms with Crippen molar-refractivity contribution in [1.29, 1.82) is 0 Å². The van der Waals surface area contributed by atoms with Crippen LogP contribution in [0.3, 0.4) is 0 Å². The van der Waals surface area contributed by atoms with Crippen molar-refractivity contribution in [3.05, 3.63) is 16.1 Å². The summed E-state index contributed by atoms with van der Waals surface area (Å²) in [7, 11) is 0. The number of aliphatic hydroxyl groups excluding tert-OH is 1. The van der Waals surface area contributed by atoms with Gasteiger partial charge in [0, 0.05) is 17.8 Å². The van der Waals surface area contributed by atoms with E-state index in [1.165, 1.54) is 17.8 Å². The predicted molar refractivity (Wildman–Crippen MR) is 66.7 cm³/mol. The summed E-state index contributed by atoms with van der Waals surface area (Å²) in [6, 6.07) is 0. The Hall–Kier alpha value is -0.450. The normalized spacial score (nSPS) is 17.6. The van der Waals surface area contributed by atoms with E-state index in [9.17, 15) is 5.11 Å². The Bertz CT molecular complexity index is 323. The van der Waals surface area contributed by atoms with Crippen LogP contribution in [0.15, 0.2) is 5.38 Å². The summed E-state index contributed by atoms with van der Waals surface area (Å²) in [5, 5.41) is 16.2. The van der Waals surface area contributed by atoms with E-state index in [1.54, 1.807) is 11.3 Å². The number of rotatable bonds is 7. The molecule has 1 fully saturated rings. The van der Waals surface area contributed by atoms with Crippen LogP contribution in [0.1, 0.15) is 49.2 Å². The lowest BCUT2D eigenvalue weighted by molar-refractivity contribution is 0.159. The molecule has 1 heterocycles. The van der Waals surface area contributed by atoms with E-state index in [2.05, 4.69) is 15.7 Å². The van der Waals surface area contributed by atoms with E-state index in [1.807, 2.05) is 6.92 Å². The first-order valence-corrected chi connectivity index (χ1v) is 7.00. The molecule has 1 saturated carbocycles. The van der Waals surface area contributed by atoms with E-state index in [0.717, 1.165) is 37.5 Å². The second-order valence-electron chi connectivity index (χ2n) is 4.48. The smallest absolute Gasteiger partial charge is 0.0959 e. The highest BCUT2D eigenvalue weighted by Crippen LogP contribution is 2.41. The molecule has 0 saturated heterocycles. The van der Waals surface area contributed by atoms with Crippen LogP contribution in [0.5, 0.6) is 0 Å². The van der Waals surface area contributed by atoms with Crippen molar-refractivity contribution in [1.82, 2.24) is 10.3 Å². The fourth-order valence-corrected chi connectivity index (χ4v) is 2.60. The van der Waals surface area contributed by atoms with Gasteiger partial charge in [-0.25, -0.2) is 4.98 Å². The molecule has 0 spiro atoms. The van der Waals surface area contributed by atoms with E-state index in [-0.39, 0.29) is 6.10 Å². The van der Waals surface area contributed by atoms with Gasteiger partial charge in [-0.3, -0.25) is 0 Å². The molecule has 2 N–H and O–H groups in total. The first-order chi connectivity index (χ1) is 7.79. The molecule has 0 aliphatic heterocycles. The Kier molecular flexibility index (Phi) is 4.32. The van der Waals surface area contributed by atoms with Gasteiger partial charge in [0.2, 0.25) is 0 Å². The maximum absolute atomic E-state index is 9.39. The van der Waals surface area contributed by atoms with Gasteiger partial charge < -0.3 is 10.4 Å². The maximum atomic E-state index is 9.39. The molecule has 2 rings (SSSR count). The molecule has 0 amide bonds. The summed E-state index contributed by atoms with van der Waals surface area (Å²) in [6.45, 7) is 3.71. The first kappa shape index (κ1) is 12.0. The summed E-state index contributed by atoms with van der Waals surface area (Å²) in [4.78, 5) is 4.60. The molecular formula is C12H20N2OS. The molecule has 0 radical (unpaired) electrons. The van der Waals surface area contributed by atoms with Crippen LogP contribution in [0.2, 0.25) is 0 Å². The lowest BCUT2D eigenvalue weighted by Gasteiger charge is -2.07. The van der Waals surface area contributed by atoms with E-state index >= 15 is 0 Å². The van der Waals surface area contributed by atoms with E-state index in [0.29, 0.717) is 0 Å². The average Bonchev–Trinajstić information content (AvgIpc) is 3.05. The monoisotopic (exact) mass is 240 g/mol. The third-order valence-electron chi connectivity index (χ3n) is 2.93. The fraction of sp³-hybridized carbons (Fsp3) is 0.750. The number of thiazole rings is 1. The lowest BCUT2D eigenvalue weighted by Crippen LogP contribution is -2.19. The second kappa shape index (κ2) is 5.75. The van der Waals surface area contributed by atoms with Crippen LogP contribution in [0.25, 0.3) is 0 Å². The number of aromatic nitrogens is 1. The van der Waals surface area contributed by atoms with E-state index in [4.69, 9.17) is 0 Å².